The maximum absolute atomic E-state index is 5.47. The molecule has 0 aliphatic carbocycles. The molecule has 1 heterocycles. The molecule has 0 saturated heterocycles. The van der Waals surface area contributed by atoms with E-state index in [1.807, 2.05) is 19.1 Å². The number of anilines is 1. The van der Waals surface area contributed by atoms with E-state index in [0.717, 1.165) is 11.4 Å². The minimum Gasteiger partial charge on any atom is -0.469 e. The SMILES string of the molecule is CC1Nc2ccc(I)cc2O1. The lowest BCUT2D eigenvalue weighted by Gasteiger charge is -2.00. The van der Waals surface area contributed by atoms with Crippen molar-refractivity contribution in [2.24, 2.45) is 0 Å². The fourth-order valence-electron chi connectivity index (χ4n) is 1.15. The highest BCUT2D eigenvalue weighted by atomic mass is 127. The number of fused-ring (bicyclic) bond motifs is 1. The first kappa shape index (κ1) is 7.21. The third kappa shape index (κ3) is 1.29. The molecule has 0 fully saturated rings. The van der Waals surface area contributed by atoms with Gasteiger partial charge in [-0.2, -0.15) is 0 Å². The van der Waals surface area contributed by atoms with Gasteiger partial charge in [-0.05, 0) is 47.7 Å². The number of ether oxygens (including phenoxy) is 1. The van der Waals surface area contributed by atoms with E-state index in [4.69, 9.17) is 4.74 Å². The number of hydrogen-bond acceptors (Lipinski definition) is 2. The molecule has 1 unspecified atom stereocenters. The van der Waals surface area contributed by atoms with Crippen LogP contribution in [0.15, 0.2) is 18.2 Å². The monoisotopic (exact) mass is 261 g/mol. The zero-order valence-corrected chi connectivity index (χ0v) is 8.25. The number of hydrogen-bond donors (Lipinski definition) is 1. The Morgan fingerprint density at radius 2 is 2.36 bits per heavy atom. The Bertz CT molecular complexity index is 287. The molecular weight excluding hydrogens is 253 g/mol. The van der Waals surface area contributed by atoms with Crippen LogP contribution in [0, 0.1) is 3.57 Å². The fourth-order valence-corrected chi connectivity index (χ4v) is 1.61. The van der Waals surface area contributed by atoms with E-state index in [1.165, 1.54) is 3.57 Å². The quantitative estimate of drug-likeness (QED) is 0.724. The van der Waals surface area contributed by atoms with E-state index in [-0.39, 0.29) is 6.23 Å². The summed E-state index contributed by atoms with van der Waals surface area (Å²) < 4.78 is 6.68. The van der Waals surface area contributed by atoms with Gasteiger partial charge in [0.05, 0.1) is 5.69 Å². The van der Waals surface area contributed by atoms with Gasteiger partial charge in [-0.25, -0.2) is 0 Å². The molecule has 1 aromatic rings. The summed E-state index contributed by atoms with van der Waals surface area (Å²) in [6, 6.07) is 6.14. The molecular formula is C8H8INO. The van der Waals surface area contributed by atoms with Gasteiger partial charge in [-0.15, -0.1) is 0 Å². The number of benzene rings is 1. The summed E-state index contributed by atoms with van der Waals surface area (Å²) in [5.41, 5.74) is 1.10. The Morgan fingerprint density at radius 1 is 1.55 bits per heavy atom. The van der Waals surface area contributed by atoms with Crippen molar-refractivity contribution in [3.63, 3.8) is 0 Å². The highest BCUT2D eigenvalue weighted by Gasteiger charge is 2.16. The maximum Gasteiger partial charge on any atom is 0.167 e. The molecule has 1 aliphatic rings. The molecule has 3 heteroatoms. The van der Waals surface area contributed by atoms with Crippen LogP contribution in [-0.2, 0) is 0 Å². The Labute approximate surface area is 79.1 Å². The summed E-state index contributed by atoms with van der Waals surface area (Å²) in [6.45, 7) is 1.99. The molecule has 0 bridgehead atoms. The molecule has 0 saturated carbocycles. The molecule has 1 atom stereocenters. The molecule has 1 aliphatic heterocycles. The zero-order valence-electron chi connectivity index (χ0n) is 6.10. The Balaban J connectivity index is 2.43. The Hall–Kier alpha value is -0.450. The van der Waals surface area contributed by atoms with Crippen molar-refractivity contribution in [2.75, 3.05) is 5.32 Å². The summed E-state index contributed by atoms with van der Waals surface area (Å²) >= 11 is 2.27. The standard InChI is InChI=1S/C8H8INO/c1-5-10-7-3-2-6(9)4-8(7)11-5/h2-5,10H,1H3. The van der Waals surface area contributed by atoms with Gasteiger partial charge in [0.1, 0.15) is 5.75 Å². The van der Waals surface area contributed by atoms with Crippen molar-refractivity contribution in [1.29, 1.82) is 0 Å². The van der Waals surface area contributed by atoms with Gasteiger partial charge in [0.15, 0.2) is 6.23 Å². The van der Waals surface area contributed by atoms with Gasteiger partial charge in [-0.1, -0.05) is 0 Å². The van der Waals surface area contributed by atoms with Crippen LogP contribution in [0.1, 0.15) is 6.92 Å². The van der Waals surface area contributed by atoms with Crippen LogP contribution < -0.4 is 10.1 Å². The van der Waals surface area contributed by atoms with Crippen LogP contribution in [0.4, 0.5) is 5.69 Å². The average Bonchev–Trinajstić information content (AvgIpc) is 2.27. The van der Waals surface area contributed by atoms with E-state index in [1.54, 1.807) is 0 Å². The van der Waals surface area contributed by atoms with Crippen molar-refractivity contribution in [3.8, 4) is 5.75 Å². The highest BCUT2D eigenvalue weighted by Crippen LogP contribution is 2.32. The second-order valence-electron chi connectivity index (χ2n) is 2.54. The third-order valence-corrected chi connectivity index (χ3v) is 2.28. The lowest BCUT2D eigenvalue weighted by molar-refractivity contribution is 0.274. The van der Waals surface area contributed by atoms with E-state index >= 15 is 0 Å². The molecule has 11 heavy (non-hydrogen) atoms. The van der Waals surface area contributed by atoms with Crippen LogP contribution in [0.25, 0.3) is 0 Å². The van der Waals surface area contributed by atoms with Crippen LogP contribution in [0.5, 0.6) is 5.75 Å². The van der Waals surface area contributed by atoms with Gasteiger partial charge >= 0.3 is 0 Å². The third-order valence-electron chi connectivity index (χ3n) is 1.61. The average molecular weight is 261 g/mol. The van der Waals surface area contributed by atoms with E-state index in [0.29, 0.717) is 0 Å². The second kappa shape index (κ2) is 2.55. The summed E-state index contributed by atoms with van der Waals surface area (Å²) in [5.74, 6) is 0.962. The normalized spacial score (nSPS) is 20.4. The van der Waals surface area contributed by atoms with Gasteiger partial charge < -0.3 is 10.1 Å². The first-order chi connectivity index (χ1) is 5.25. The zero-order chi connectivity index (χ0) is 7.84. The fraction of sp³-hybridized carbons (Fsp3) is 0.250. The highest BCUT2D eigenvalue weighted by molar-refractivity contribution is 14.1. The summed E-state index contributed by atoms with van der Waals surface area (Å²) in [7, 11) is 0. The minimum atomic E-state index is 0.114. The minimum absolute atomic E-state index is 0.114. The predicted octanol–water partition coefficient (Wildman–Crippen LogP) is 2.44. The van der Waals surface area contributed by atoms with Gasteiger partial charge in [0.2, 0.25) is 0 Å². The summed E-state index contributed by atoms with van der Waals surface area (Å²) in [4.78, 5) is 0. The smallest absolute Gasteiger partial charge is 0.167 e. The molecule has 0 amide bonds. The van der Waals surface area contributed by atoms with Crippen LogP contribution >= 0.6 is 22.6 Å². The van der Waals surface area contributed by atoms with Crippen molar-refractivity contribution < 1.29 is 4.74 Å². The van der Waals surface area contributed by atoms with Gasteiger partial charge in [0, 0.05) is 3.57 Å². The van der Waals surface area contributed by atoms with Gasteiger partial charge in [-0.3, -0.25) is 0 Å². The molecule has 0 spiro atoms. The second-order valence-corrected chi connectivity index (χ2v) is 3.79. The van der Waals surface area contributed by atoms with E-state index < -0.39 is 0 Å². The van der Waals surface area contributed by atoms with Crippen LogP contribution in [0.3, 0.4) is 0 Å². The number of halogens is 1. The number of nitrogens with one attached hydrogen (secondary N) is 1. The topological polar surface area (TPSA) is 21.3 Å². The Kier molecular flexibility index (Phi) is 1.67. The van der Waals surface area contributed by atoms with Crippen LogP contribution in [-0.4, -0.2) is 6.23 Å². The van der Waals surface area contributed by atoms with Crippen molar-refractivity contribution in [3.05, 3.63) is 21.8 Å². The summed E-state index contributed by atoms with van der Waals surface area (Å²) in [5, 5.41) is 3.20. The molecule has 58 valence electrons. The summed E-state index contributed by atoms with van der Waals surface area (Å²) in [6.07, 6.45) is 0.114. The van der Waals surface area contributed by atoms with Crippen LogP contribution in [0.2, 0.25) is 0 Å². The molecule has 0 aromatic heterocycles. The largest absolute Gasteiger partial charge is 0.469 e. The van der Waals surface area contributed by atoms with Crippen molar-refractivity contribution in [1.82, 2.24) is 0 Å². The van der Waals surface area contributed by atoms with E-state index in [2.05, 4.69) is 34.0 Å². The molecule has 2 nitrogen and oxygen atoms in total. The predicted molar refractivity (Wildman–Crippen MR) is 52.9 cm³/mol. The van der Waals surface area contributed by atoms with E-state index in [9.17, 15) is 0 Å². The van der Waals surface area contributed by atoms with Gasteiger partial charge in [0.25, 0.3) is 0 Å². The molecule has 1 N–H and O–H groups in total. The first-order valence-electron chi connectivity index (χ1n) is 3.48. The number of rotatable bonds is 0. The Morgan fingerprint density at radius 3 is 3.18 bits per heavy atom. The first-order valence-corrected chi connectivity index (χ1v) is 4.56. The molecule has 2 rings (SSSR count). The van der Waals surface area contributed by atoms with Crippen molar-refractivity contribution >= 4 is 28.3 Å². The lowest BCUT2D eigenvalue weighted by atomic mass is 10.3. The molecule has 0 radical (unpaired) electrons. The maximum atomic E-state index is 5.47. The van der Waals surface area contributed by atoms with Crippen molar-refractivity contribution in [2.45, 2.75) is 13.2 Å². The lowest BCUT2D eigenvalue weighted by Crippen LogP contribution is -2.13. The molecule has 1 aromatic carbocycles.